The molecule has 0 unspecified atom stereocenters. The molecule has 5 heteroatoms. The molecule has 0 radical (unpaired) electrons. The topological polar surface area (TPSA) is 53.0 Å². The minimum Gasteiger partial charge on any atom is -0.545 e. The first kappa shape index (κ1) is 11.5. The molecule has 0 amide bonds. The van der Waals surface area contributed by atoms with Gasteiger partial charge in [0.2, 0.25) is 0 Å². The third-order valence-corrected chi connectivity index (χ3v) is 1.32. The van der Waals surface area contributed by atoms with Crippen molar-refractivity contribution in [3.8, 4) is 0 Å². The fourth-order valence-electron chi connectivity index (χ4n) is 0.528. The number of halogens is 1. The summed E-state index contributed by atoms with van der Waals surface area (Å²) in [6.45, 7) is 0. The monoisotopic (exact) mass is 195 g/mol. The van der Waals surface area contributed by atoms with Crippen LogP contribution in [-0.4, -0.2) is 11.0 Å². The van der Waals surface area contributed by atoms with E-state index >= 15 is 0 Å². The number of hydrogen-bond acceptors (Lipinski definition) is 3. The number of carbonyl (C=O) groups is 1. The van der Waals surface area contributed by atoms with Crippen molar-refractivity contribution in [3.05, 3.63) is 29.0 Å². The molecule has 1 aromatic heterocycles. The van der Waals surface area contributed by atoms with E-state index in [0.717, 1.165) is 6.20 Å². The molecule has 11 heavy (non-hydrogen) atoms. The first-order valence-corrected chi connectivity index (χ1v) is 2.90. The van der Waals surface area contributed by atoms with Crippen LogP contribution in [0, 0.1) is 0 Å². The van der Waals surface area contributed by atoms with Crippen LogP contribution in [0.2, 0.25) is 5.02 Å². The Labute approximate surface area is 111 Å². The molecule has 0 aliphatic rings. The SMILES string of the molecule is O=C([O-])c1cnccc1Cl.[K+]. The standard InChI is InChI=1S/C6H4ClNO2.K/c7-5-1-2-8-3-4(5)6(9)10;/h1-3H,(H,9,10);/q;+1/p-1. The molecule has 1 rings (SSSR count). The zero-order valence-corrected chi connectivity index (χ0v) is 9.75. The number of carboxylic acids is 1. The predicted molar refractivity (Wildman–Crippen MR) is 33.6 cm³/mol. The molecule has 0 fully saturated rings. The van der Waals surface area contributed by atoms with E-state index in [9.17, 15) is 9.90 Å². The number of rotatable bonds is 1. The summed E-state index contributed by atoms with van der Waals surface area (Å²) in [5, 5.41) is 10.3. The molecule has 0 aliphatic carbocycles. The molecule has 0 bridgehead atoms. The Morgan fingerprint density at radius 3 is 2.64 bits per heavy atom. The molecule has 0 atom stereocenters. The van der Waals surface area contributed by atoms with Crippen molar-refractivity contribution >= 4 is 17.6 Å². The second-order valence-electron chi connectivity index (χ2n) is 1.64. The molecular weight excluding hydrogens is 193 g/mol. The van der Waals surface area contributed by atoms with E-state index in [1.807, 2.05) is 0 Å². The average Bonchev–Trinajstić information content (AvgIpc) is 1.88. The van der Waals surface area contributed by atoms with Crippen molar-refractivity contribution < 1.29 is 61.3 Å². The maximum Gasteiger partial charge on any atom is 1.00 e. The summed E-state index contributed by atoms with van der Waals surface area (Å²) < 4.78 is 0. The Bertz CT molecular complexity index is 267. The molecule has 0 spiro atoms. The largest absolute Gasteiger partial charge is 1.00 e. The molecule has 1 aromatic rings. The summed E-state index contributed by atoms with van der Waals surface area (Å²) in [6.07, 6.45) is 2.56. The first-order valence-electron chi connectivity index (χ1n) is 2.52. The molecule has 0 aromatic carbocycles. The summed E-state index contributed by atoms with van der Waals surface area (Å²) in [6, 6.07) is 1.40. The Balaban J connectivity index is 0.000001000. The predicted octanol–water partition coefficient (Wildman–Crippen LogP) is -2.90. The van der Waals surface area contributed by atoms with Crippen molar-refractivity contribution in [1.82, 2.24) is 4.98 Å². The van der Waals surface area contributed by atoms with Gasteiger partial charge in [-0.05, 0) is 6.07 Å². The van der Waals surface area contributed by atoms with E-state index in [4.69, 9.17) is 11.6 Å². The van der Waals surface area contributed by atoms with Gasteiger partial charge < -0.3 is 9.90 Å². The van der Waals surface area contributed by atoms with E-state index < -0.39 is 5.97 Å². The summed E-state index contributed by atoms with van der Waals surface area (Å²) in [5.41, 5.74) is -0.0795. The van der Waals surface area contributed by atoms with Crippen LogP contribution in [0.3, 0.4) is 0 Å². The first-order chi connectivity index (χ1) is 4.72. The summed E-state index contributed by atoms with van der Waals surface area (Å²) in [7, 11) is 0. The number of hydrogen-bond donors (Lipinski definition) is 0. The van der Waals surface area contributed by atoms with Gasteiger partial charge in [0, 0.05) is 18.0 Å². The van der Waals surface area contributed by atoms with Crippen molar-refractivity contribution in [1.29, 1.82) is 0 Å². The fraction of sp³-hybridized carbons (Fsp3) is 0. The van der Waals surface area contributed by atoms with Gasteiger partial charge in [0.15, 0.2) is 0 Å². The molecule has 3 nitrogen and oxygen atoms in total. The molecule has 52 valence electrons. The van der Waals surface area contributed by atoms with E-state index in [0.29, 0.717) is 0 Å². The van der Waals surface area contributed by atoms with Crippen LogP contribution >= 0.6 is 11.6 Å². The Kier molecular flexibility index (Phi) is 5.50. The van der Waals surface area contributed by atoms with Crippen LogP contribution in [0.15, 0.2) is 18.5 Å². The normalized spacial score (nSPS) is 8.45. The third-order valence-electron chi connectivity index (χ3n) is 0.988. The number of aromatic carboxylic acids is 1. The number of aromatic nitrogens is 1. The molecule has 1 heterocycles. The molecular formula is C6H3ClKNO2. The molecule has 0 saturated carbocycles. The zero-order valence-electron chi connectivity index (χ0n) is 5.87. The van der Waals surface area contributed by atoms with Crippen LogP contribution in [0.5, 0.6) is 0 Å². The average molecular weight is 196 g/mol. The second kappa shape index (κ2) is 5.24. The van der Waals surface area contributed by atoms with Crippen LogP contribution < -0.4 is 56.5 Å². The van der Waals surface area contributed by atoms with Crippen LogP contribution in [0.1, 0.15) is 10.4 Å². The fourth-order valence-corrected chi connectivity index (χ4v) is 0.710. The zero-order chi connectivity index (χ0) is 7.56. The van der Waals surface area contributed by atoms with Gasteiger partial charge in [-0.25, -0.2) is 0 Å². The second-order valence-corrected chi connectivity index (χ2v) is 2.05. The molecule has 0 aliphatic heterocycles. The van der Waals surface area contributed by atoms with Crippen molar-refractivity contribution in [2.75, 3.05) is 0 Å². The summed E-state index contributed by atoms with van der Waals surface area (Å²) in [4.78, 5) is 13.7. The van der Waals surface area contributed by atoms with Gasteiger partial charge in [0.1, 0.15) is 0 Å². The van der Waals surface area contributed by atoms with Gasteiger partial charge in [-0.2, -0.15) is 0 Å². The van der Waals surface area contributed by atoms with E-state index in [1.165, 1.54) is 12.3 Å². The maximum atomic E-state index is 10.2. The van der Waals surface area contributed by atoms with Gasteiger partial charge in [-0.1, -0.05) is 11.6 Å². The van der Waals surface area contributed by atoms with Crippen LogP contribution in [0.25, 0.3) is 0 Å². The molecule has 0 N–H and O–H groups in total. The minimum atomic E-state index is -1.31. The number of carbonyl (C=O) groups excluding carboxylic acids is 1. The summed E-state index contributed by atoms with van der Waals surface area (Å²) >= 11 is 5.46. The number of nitrogens with zero attached hydrogens (tertiary/aromatic N) is 1. The summed E-state index contributed by atoms with van der Waals surface area (Å²) in [5.74, 6) is -1.31. The van der Waals surface area contributed by atoms with Gasteiger partial charge >= 0.3 is 51.4 Å². The number of carboxylic acid groups (broad SMARTS) is 1. The third kappa shape index (κ3) is 3.19. The van der Waals surface area contributed by atoms with Gasteiger partial charge in [-0.15, -0.1) is 0 Å². The number of pyridine rings is 1. The van der Waals surface area contributed by atoms with Crippen molar-refractivity contribution in [3.63, 3.8) is 0 Å². The minimum absolute atomic E-state index is 0. The quantitative estimate of drug-likeness (QED) is 0.452. The van der Waals surface area contributed by atoms with E-state index in [1.54, 1.807) is 0 Å². The van der Waals surface area contributed by atoms with Gasteiger partial charge in [0.25, 0.3) is 0 Å². The van der Waals surface area contributed by atoms with E-state index in [-0.39, 0.29) is 62.0 Å². The van der Waals surface area contributed by atoms with E-state index in [2.05, 4.69) is 4.98 Å². The smallest absolute Gasteiger partial charge is 0.545 e. The Morgan fingerprint density at radius 2 is 2.27 bits per heavy atom. The van der Waals surface area contributed by atoms with Crippen molar-refractivity contribution in [2.24, 2.45) is 0 Å². The molecule has 0 saturated heterocycles. The van der Waals surface area contributed by atoms with Crippen LogP contribution in [0.4, 0.5) is 0 Å². The Morgan fingerprint density at radius 1 is 1.64 bits per heavy atom. The Hall–Kier alpha value is 0.546. The van der Waals surface area contributed by atoms with Gasteiger partial charge in [-0.3, -0.25) is 4.98 Å². The maximum absolute atomic E-state index is 10.2. The van der Waals surface area contributed by atoms with Gasteiger partial charge in [0.05, 0.1) is 11.0 Å². The van der Waals surface area contributed by atoms with Crippen molar-refractivity contribution in [2.45, 2.75) is 0 Å². The van der Waals surface area contributed by atoms with Crippen LogP contribution in [-0.2, 0) is 0 Å².